The van der Waals surface area contributed by atoms with Gasteiger partial charge >= 0.3 is 6.03 Å². The van der Waals surface area contributed by atoms with Gasteiger partial charge in [0.05, 0.1) is 0 Å². The van der Waals surface area contributed by atoms with Crippen LogP contribution in [0.1, 0.15) is 43.7 Å². The molecule has 1 aliphatic heterocycles. The van der Waals surface area contributed by atoms with Gasteiger partial charge in [-0.15, -0.1) is 0 Å². The smallest absolute Gasteiger partial charge is 0.347 e. The van der Waals surface area contributed by atoms with E-state index in [4.69, 9.17) is 0 Å². The molecule has 2 amide bonds. The average Bonchev–Trinajstić information content (AvgIpc) is 2.88. The van der Waals surface area contributed by atoms with Crippen LogP contribution in [0.5, 0.6) is 0 Å². The number of amidine groups is 1. The lowest BCUT2D eigenvalue weighted by Crippen LogP contribution is -2.27. The zero-order valence-electron chi connectivity index (χ0n) is 13.3. The van der Waals surface area contributed by atoms with Gasteiger partial charge in [-0.2, -0.15) is 4.99 Å². The molecule has 1 aliphatic rings. The average molecular weight is 287 g/mol. The van der Waals surface area contributed by atoms with Gasteiger partial charge in [-0.25, -0.2) is 4.79 Å². The van der Waals surface area contributed by atoms with Gasteiger partial charge in [-0.3, -0.25) is 0 Å². The van der Waals surface area contributed by atoms with Crippen molar-refractivity contribution in [3.05, 3.63) is 29.3 Å². The van der Waals surface area contributed by atoms with Gasteiger partial charge in [0.15, 0.2) is 0 Å². The van der Waals surface area contributed by atoms with Gasteiger partial charge in [0.25, 0.3) is 0 Å². The molecule has 21 heavy (non-hydrogen) atoms. The molecule has 114 valence electrons. The van der Waals surface area contributed by atoms with Gasteiger partial charge in [-0.1, -0.05) is 31.5 Å². The Bertz CT molecular complexity index is 517. The van der Waals surface area contributed by atoms with E-state index < -0.39 is 0 Å². The molecule has 1 N–H and O–H groups in total. The second kappa shape index (κ2) is 7.25. The van der Waals surface area contributed by atoms with Gasteiger partial charge in [0.2, 0.25) is 0 Å². The van der Waals surface area contributed by atoms with Crippen LogP contribution in [-0.2, 0) is 0 Å². The maximum atomic E-state index is 12.2. The number of nitrogens with zero attached hydrogens (tertiary/aromatic N) is 2. The van der Waals surface area contributed by atoms with Crippen LogP contribution >= 0.6 is 0 Å². The first-order valence-electron chi connectivity index (χ1n) is 7.81. The predicted octanol–water partition coefficient (Wildman–Crippen LogP) is 4.13. The highest BCUT2D eigenvalue weighted by atomic mass is 16.2. The zero-order valence-corrected chi connectivity index (χ0v) is 13.3. The number of unbranched alkanes of at least 4 members (excludes halogenated alkanes) is 1. The van der Waals surface area contributed by atoms with Crippen molar-refractivity contribution < 1.29 is 4.79 Å². The van der Waals surface area contributed by atoms with E-state index in [0.29, 0.717) is 0 Å². The number of hydrogen-bond acceptors (Lipinski definition) is 1. The Kier molecular flexibility index (Phi) is 5.37. The van der Waals surface area contributed by atoms with Crippen LogP contribution in [0.2, 0.25) is 0 Å². The normalized spacial score (nSPS) is 16.5. The molecule has 0 bridgehead atoms. The lowest BCUT2D eigenvalue weighted by Gasteiger charge is -2.18. The monoisotopic (exact) mass is 287 g/mol. The van der Waals surface area contributed by atoms with Crippen LogP contribution in [0.3, 0.4) is 0 Å². The Morgan fingerprint density at radius 2 is 2.05 bits per heavy atom. The summed E-state index contributed by atoms with van der Waals surface area (Å²) in [6.45, 7) is 8.21. The van der Waals surface area contributed by atoms with Crippen molar-refractivity contribution in [2.24, 2.45) is 4.99 Å². The lowest BCUT2D eigenvalue weighted by atomic mass is 10.1. The molecule has 4 nitrogen and oxygen atoms in total. The molecule has 1 aromatic carbocycles. The summed E-state index contributed by atoms with van der Waals surface area (Å²) in [6.07, 6.45) is 4.32. The van der Waals surface area contributed by atoms with Crippen molar-refractivity contribution in [2.75, 3.05) is 18.4 Å². The van der Waals surface area contributed by atoms with Gasteiger partial charge in [0.1, 0.15) is 5.84 Å². The molecule has 2 rings (SSSR count). The third kappa shape index (κ3) is 4.06. The van der Waals surface area contributed by atoms with E-state index in [-0.39, 0.29) is 6.03 Å². The highest BCUT2D eigenvalue weighted by Gasteiger charge is 2.19. The molecular weight excluding hydrogens is 262 g/mol. The number of urea groups is 1. The summed E-state index contributed by atoms with van der Waals surface area (Å²) in [7, 11) is 0. The number of nitrogens with one attached hydrogen (secondary N) is 1. The van der Waals surface area contributed by atoms with Crippen molar-refractivity contribution >= 4 is 17.6 Å². The number of para-hydroxylation sites is 1. The van der Waals surface area contributed by atoms with E-state index in [1.165, 1.54) is 6.42 Å². The van der Waals surface area contributed by atoms with Crippen molar-refractivity contribution in [1.29, 1.82) is 0 Å². The van der Waals surface area contributed by atoms with Crippen LogP contribution in [0.4, 0.5) is 10.5 Å². The summed E-state index contributed by atoms with van der Waals surface area (Å²) in [5.74, 6) is 0.937. The van der Waals surface area contributed by atoms with E-state index >= 15 is 0 Å². The minimum Gasteiger partial charge on any atom is -0.360 e. The number of aliphatic imine (C=N–C) groups is 1. The third-order valence-electron chi connectivity index (χ3n) is 3.92. The third-order valence-corrected chi connectivity index (χ3v) is 3.92. The Morgan fingerprint density at radius 3 is 2.71 bits per heavy atom. The highest BCUT2D eigenvalue weighted by Crippen LogP contribution is 2.20. The van der Waals surface area contributed by atoms with Crippen LogP contribution in [0.25, 0.3) is 0 Å². The van der Waals surface area contributed by atoms with E-state index in [9.17, 15) is 4.79 Å². The summed E-state index contributed by atoms with van der Waals surface area (Å²) in [6, 6.07) is 5.73. The fourth-order valence-electron chi connectivity index (χ4n) is 2.70. The Hall–Kier alpha value is -1.84. The highest BCUT2D eigenvalue weighted by molar-refractivity contribution is 6.01. The van der Waals surface area contributed by atoms with Crippen molar-refractivity contribution in [2.45, 2.75) is 46.5 Å². The molecule has 0 spiro atoms. The number of carbonyl (C=O) groups is 1. The number of anilines is 1. The first kappa shape index (κ1) is 15.5. The topological polar surface area (TPSA) is 44.7 Å². The molecular formula is C17H25N3O. The van der Waals surface area contributed by atoms with E-state index in [1.54, 1.807) is 0 Å². The number of benzene rings is 1. The minimum atomic E-state index is -0.259. The molecule has 0 saturated carbocycles. The van der Waals surface area contributed by atoms with E-state index in [1.807, 2.05) is 32.0 Å². The molecule has 1 fully saturated rings. The minimum absolute atomic E-state index is 0.259. The largest absolute Gasteiger partial charge is 0.360 e. The summed E-state index contributed by atoms with van der Waals surface area (Å²) in [5, 5.41) is 2.93. The SMILES string of the molecule is CCCCN1CCC/C1=N/C(=O)Nc1c(C)cccc1C. The predicted molar refractivity (Wildman–Crippen MR) is 88.1 cm³/mol. The molecule has 1 heterocycles. The van der Waals surface area contributed by atoms with Gasteiger partial charge < -0.3 is 10.2 Å². The number of rotatable bonds is 4. The summed E-state index contributed by atoms with van der Waals surface area (Å²) < 4.78 is 0. The lowest BCUT2D eigenvalue weighted by molar-refractivity contribution is 0.259. The maximum Gasteiger partial charge on any atom is 0.347 e. The Balaban J connectivity index is 2.05. The molecule has 1 aromatic rings. The summed E-state index contributed by atoms with van der Waals surface area (Å²) in [4.78, 5) is 18.7. The number of amides is 2. The van der Waals surface area contributed by atoms with Crippen LogP contribution in [0.15, 0.2) is 23.2 Å². The first-order valence-corrected chi connectivity index (χ1v) is 7.81. The van der Waals surface area contributed by atoms with Crippen LogP contribution in [0, 0.1) is 13.8 Å². The Morgan fingerprint density at radius 1 is 1.33 bits per heavy atom. The van der Waals surface area contributed by atoms with Crippen molar-refractivity contribution in [1.82, 2.24) is 4.90 Å². The van der Waals surface area contributed by atoms with E-state index in [0.717, 1.165) is 55.0 Å². The zero-order chi connectivity index (χ0) is 15.2. The van der Waals surface area contributed by atoms with Crippen LogP contribution < -0.4 is 5.32 Å². The maximum absolute atomic E-state index is 12.2. The molecule has 0 atom stereocenters. The fraction of sp³-hybridized carbons (Fsp3) is 0.529. The van der Waals surface area contributed by atoms with Crippen molar-refractivity contribution in [3.8, 4) is 0 Å². The molecule has 4 heteroatoms. The molecule has 1 saturated heterocycles. The second-order valence-corrected chi connectivity index (χ2v) is 5.67. The summed E-state index contributed by atoms with van der Waals surface area (Å²) >= 11 is 0. The van der Waals surface area contributed by atoms with Gasteiger partial charge in [-0.05, 0) is 37.8 Å². The molecule has 0 radical (unpaired) electrons. The second-order valence-electron chi connectivity index (χ2n) is 5.67. The first-order chi connectivity index (χ1) is 10.1. The molecule has 0 aliphatic carbocycles. The summed E-state index contributed by atoms with van der Waals surface area (Å²) in [5.41, 5.74) is 3.01. The van der Waals surface area contributed by atoms with Gasteiger partial charge in [0, 0.05) is 25.2 Å². The van der Waals surface area contributed by atoms with Crippen LogP contribution in [-0.4, -0.2) is 29.9 Å². The number of likely N-dealkylation sites (tertiary alicyclic amines) is 1. The quantitative estimate of drug-likeness (QED) is 0.905. The number of hydrogen-bond donors (Lipinski definition) is 1. The fourth-order valence-corrected chi connectivity index (χ4v) is 2.70. The molecule has 0 aromatic heterocycles. The number of carbonyl (C=O) groups excluding carboxylic acids is 1. The Labute approximate surface area is 127 Å². The number of aryl methyl sites for hydroxylation is 2. The molecule has 0 unspecified atom stereocenters. The van der Waals surface area contributed by atoms with Crippen molar-refractivity contribution in [3.63, 3.8) is 0 Å². The standard InChI is InChI=1S/C17H25N3O/c1-4-5-11-20-12-7-10-15(20)18-17(21)19-16-13(2)8-6-9-14(16)3/h6,8-9H,4-5,7,10-12H2,1-3H3,(H,19,21)/b18-15-. The van der Waals surface area contributed by atoms with E-state index in [2.05, 4.69) is 22.1 Å².